The van der Waals surface area contributed by atoms with Gasteiger partial charge in [-0.2, -0.15) is 0 Å². The predicted molar refractivity (Wildman–Crippen MR) is 79.5 cm³/mol. The van der Waals surface area contributed by atoms with Crippen LogP contribution in [0.2, 0.25) is 0 Å². The fourth-order valence-corrected chi connectivity index (χ4v) is 1.96. The summed E-state index contributed by atoms with van der Waals surface area (Å²) in [6.07, 6.45) is 3.75. The van der Waals surface area contributed by atoms with E-state index in [2.05, 4.69) is 26.2 Å². The molecule has 19 heavy (non-hydrogen) atoms. The van der Waals surface area contributed by atoms with Crippen LogP contribution in [0.3, 0.4) is 0 Å². The fraction of sp³-hybridized carbons (Fsp3) is 0.692. The van der Waals surface area contributed by atoms with Crippen LogP contribution >= 0.6 is 15.9 Å². The van der Waals surface area contributed by atoms with Crippen LogP contribution in [-0.4, -0.2) is 35.9 Å². The summed E-state index contributed by atoms with van der Waals surface area (Å²) in [5.74, 6) is 0. The van der Waals surface area contributed by atoms with E-state index in [9.17, 15) is 4.79 Å². The largest absolute Gasteiger partial charge is 0.382 e. The van der Waals surface area contributed by atoms with Crippen LogP contribution in [0.4, 0.5) is 0 Å². The van der Waals surface area contributed by atoms with Gasteiger partial charge in [0.1, 0.15) is 4.47 Å². The zero-order valence-electron chi connectivity index (χ0n) is 11.6. The van der Waals surface area contributed by atoms with E-state index in [0.717, 1.165) is 44.8 Å². The number of halogens is 1. The van der Waals surface area contributed by atoms with E-state index in [0.29, 0.717) is 11.0 Å². The molecule has 0 aliphatic carbocycles. The first-order chi connectivity index (χ1) is 9.16. The molecule has 1 N–H and O–H groups in total. The Labute approximate surface area is 122 Å². The molecule has 0 fully saturated rings. The van der Waals surface area contributed by atoms with Gasteiger partial charge < -0.3 is 10.1 Å². The van der Waals surface area contributed by atoms with Gasteiger partial charge in [0.15, 0.2) is 0 Å². The lowest BCUT2D eigenvalue weighted by Gasteiger charge is -2.08. The second-order valence-corrected chi connectivity index (χ2v) is 5.09. The van der Waals surface area contributed by atoms with Crippen LogP contribution in [0, 0.1) is 6.92 Å². The van der Waals surface area contributed by atoms with Gasteiger partial charge >= 0.3 is 0 Å². The Hall–Kier alpha value is -0.720. The summed E-state index contributed by atoms with van der Waals surface area (Å²) >= 11 is 3.26. The minimum atomic E-state index is -0.0226. The van der Waals surface area contributed by atoms with Crippen molar-refractivity contribution in [3.63, 3.8) is 0 Å². The van der Waals surface area contributed by atoms with Crippen LogP contribution in [0.15, 0.2) is 15.6 Å². The number of hydrogen-bond donors (Lipinski definition) is 1. The fourth-order valence-electron chi connectivity index (χ4n) is 1.63. The number of unbranched alkanes of at least 4 members (excludes halogenated alkanes) is 1. The maximum absolute atomic E-state index is 11.9. The highest BCUT2D eigenvalue weighted by atomic mass is 79.9. The van der Waals surface area contributed by atoms with Crippen molar-refractivity contribution < 1.29 is 4.74 Å². The molecule has 0 unspecified atom stereocenters. The van der Waals surface area contributed by atoms with Crippen molar-refractivity contribution >= 4 is 15.9 Å². The molecular formula is C13H22BrN3O2. The normalized spacial score (nSPS) is 10.9. The molecule has 0 aromatic carbocycles. The lowest BCUT2D eigenvalue weighted by atomic mass is 10.3. The lowest BCUT2D eigenvalue weighted by molar-refractivity contribution is 0.143. The van der Waals surface area contributed by atoms with Gasteiger partial charge in [0.2, 0.25) is 0 Å². The molecule has 0 aliphatic rings. The Morgan fingerprint density at radius 2 is 2.21 bits per heavy atom. The average Bonchev–Trinajstić information content (AvgIpc) is 2.41. The maximum atomic E-state index is 11.9. The molecule has 1 heterocycles. The van der Waals surface area contributed by atoms with Gasteiger partial charge in [0, 0.05) is 26.3 Å². The quantitative estimate of drug-likeness (QED) is 0.700. The number of nitrogens with one attached hydrogen (secondary N) is 1. The number of hydrogen-bond acceptors (Lipinski definition) is 4. The van der Waals surface area contributed by atoms with E-state index in [1.807, 2.05) is 13.8 Å². The third-order valence-electron chi connectivity index (χ3n) is 2.78. The first-order valence-electron chi connectivity index (χ1n) is 6.66. The van der Waals surface area contributed by atoms with E-state index in [-0.39, 0.29) is 5.56 Å². The Bertz CT molecular complexity index is 434. The molecule has 5 nitrogen and oxygen atoms in total. The monoisotopic (exact) mass is 331 g/mol. The number of aryl methyl sites for hydroxylation is 1. The third kappa shape index (κ3) is 5.84. The lowest BCUT2D eigenvalue weighted by Crippen LogP contribution is -2.28. The molecule has 0 aliphatic heterocycles. The van der Waals surface area contributed by atoms with Crippen molar-refractivity contribution in [3.8, 4) is 0 Å². The molecular weight excluding hydrogens is 310 g/mol. The molecule has 0 atom stereocenters. The third-order valence-corrected chi connectivity index (χ3v) is 3.70. The zero-order valence-corrected chi connectivity index (χ0v) is 13.2. The number of ether oxygens (including phenoxy) is 1. The summed E-state index contributed by atoms with van der Waals surface area (Å²) in [4.78, 5) is 16.0. The summed E-state index contributed by atoms with van der Waals surface area (Å²) in [6.45, 7) is 7.78. The molecule has 1 aromatic heterocycles. The predicted octanol–water partition coefficient (Wildman–Crippen LogP) is 1.72. The molecule has 0 spiro atoms. The van der Waals surface area contributed by atoms with Gasteiger partial charge in [-0.3, -0.25) is 9.36 Å². The van der Waals surface area contributed by atoms with Crippen LogP contribution in [0.5, 0.6) is 0 Å². The van der Waals surface area contributed by atoms with Crippen molar-refractivity contribution in [2.45, 2.75) is 33.2 Å². The number of aromatic nitrogens is 2. The van der Waals surface area contributed by atoms with Gasteiger partial charge in [0.05, 0.1) is 12.0 Å². The van der Waals surface area contributed by atoms with Crippen LogP contribution in [-0.2, 0) is 11.3 Å². The molecule has 108 valence electrons. The van der Waals surface area contributed by atoms with Gasteiger partial charge in [-0.15, -0.1) is 0 Å². The SMILES string of the molecule is CCOCCCCNCCn1cnc(C)c(Br)c1=O. The first-order valence-corrected chi connectivity index (χ1v) is 7.46. The smallest absolute Gasteiger partial charge is 0.267 e. The van der Waals surface area contributed by atoms with Crippen LogP contribution < -0.4 is 10.9 Å². The Morgan fingerprint density at radius 1 is 1.42 bits per heavy atom. The van der Waals surface area contributed by atoms with Gasteiger partial charge in [0.25, 0.3) is 5.56 Å². The highest BCUT2D eigenvalue weighted by Crippen LogP contribution is 2.05. The van der Waals surface area contributed by atoms with Crippen molar-refractivity contribution in [2.75, 3.05) is 26.3 Å². The standard InChI is InChI=1S/C13H22BrN3O2/c1-3-19-9-5-4-6-15-7-8-17-10-16-11(2)12(14)13(17)18/h10,15H,3-9H2,1-2H3. The van der Waals surface area contributed by atoms with Crippen LogP contribution in [0.25, 0.3) is 0 Å². The topological polar surface area (TPSA) is 56.1 Å². The molecule has 0 saturated carbocycles. The summed E-state index contributed by atoms with van der Waals surface area (Å²) < 4.78 is 7.43. The average molecular weight is 332 g/mol. The van der Waals surface area contributed by atoms with Crippen LogP contribution in [0.1, 0.15) is 25.5 Å². The molecule has 1 rings (SSSR count). The Morgan fingerprint density at radius 3 is 2.95 bits per heavy atom. The summed E-state index contributed by atoms with van der Waals surface area (Å²) in [5, 5.41) is 3.31. The van der Waals surface area contributed by atoms with Gasteiger partial charge in [-0.1, -0.05) is 0 Å². The van der Waals surface area contributed by atoms with E-state index < -0.39 is 0 Å². The molecule has 1 aromatic rings. The number of nitrogens with zero attached hydrogens (tertiary/aromatic N) is 2. The van der Waals surface area contributed by atoms with E-state index in [4.69, 9.17) is 4.74 Å². The minimum Gasteiger partial charge on any atom is -0.382 e. The first kappa shape index (κ1) is 16.3. The van der Waals surface area contributed by atoms with Gasteiger partial charge in [-0.25, -0.2) is 4.98 Å². The van der Waals surface area contributed by atoms with E-state index >= 15 is 0 Å². The van der Waals surface area contributed by atoms with Crippen molar-refractivity contribution in [1.29, 1.82) is 0 Å². The number of rotatable bonds is 9. The highest BCUT2D eigenvalue weighted by molar-refractivity contribution is 9.10. The van der Waals surface area contributed by atoms with E-state index in [1.165, 1.54) is 0 Å². The van der Waals surface area contributed by atoms with Crippen molar-refractivity contribution in [1.82, 2.24) is 14.9 Å². The second kappa shape index (κ2) is 9.23. The second-order valence-electron chi connectivity index (χ2n) is 4.30. The Balaban J connectivity index is 2.20. The maximum Gasteiger partial charge on any atom is 0.267 e. The summed E-state index contributed by atoms with van der Waals surface area (Å²) in [6, 6.07) is 0. The van der Waals surface area contributed by atoms with E-state index in [1.54, 1.807) is 10.9 Å². The van der Waals surface area contributed by atoms with Gasteiger partial charge in [-0.05, 0) is 49.2 Å². The van der Waals surface area contributed by atoms with Crippen molar-refractivity contribution in [2.24, 2.45) is 0 Å². The molecule has 0 bridgehead atoms. The molecule has 0 amide bonds. The zero-order chi connectivity index (χ0) is 14.1. The molecule has 0 radical (unpaired) electrons. The molecule has 0 saturated heterocycles. The molecule has 6 heteroatoms. The summed E-state index contributed by atoms with van der Waals surface area (Å²) in [7, 11) is 0. The van der Waals surface area contributed by atoms with Crippen molar-refractivity contribution in [3.05, 3.63) is 26.8 Å². The Kier molecular flexibility index (Phi) is 7.93. The summed E-state index contributed by atoms with van der Waals surface area (Å²) in [5.41, 5.74) is 0.704. The minimum absolute atomic E-state index is 0.0226. The highest BCUT2D eigenvalue weighted by Gasteiger charge is 2.04.